The van der Waals surface area contributed by atoms with Crippen LogP contribution in [-0.4, -0.2) is 11.9 Å². The lowest BCUT2D eigenvalue weighted by molar-refractivity contribution is -0.112. The van der Waals surface area contributed by atoms with Gasteiger partial charge in [0.1, 0.15) is 11.6 Å². The van der Waals surface area contributed by atoms with E-state index in [1.165, 1.54) is 6.20 Å². The molecule has 0 fully saturated rings. The van der Waals surface area contributed by atoms with E-state index in [2.05, 4.69) is 10.6 Å². The number of hydrogen-bond donors (Lipinski definition) is 2. The van der Waals surface area contributed by atoms with Crippen molar-refractivity contribution >= 4 is 23.2 Å². The van der Waals surface area contributed by atoms with Gasteiger partial charge in [0.15, 0.2) is 0 Å². The standard InChI is InChI=1S/C13H14ClN3O/c1-9(2)16-8-10(7-15)13(18)17-12-5-3-4-11(14)6-12/h3-6,8-9,16H,1-2H3,(H,17,18)/b10-8-. The van der Waals surface area contributed by atoms with Gasteiger partial charge in [-0.05, 0) is 32.0 Å². The van der Waals surface area contributed by atoms with Crippen LogP contribution in [0.15, 0.2) is 36.0 Å². The highest BCUT2D eigenvalue weighted by molar-refractivity contribution is 6.31. The Morgan fingerprint density at radius 2 is 2.22 bits per heavy atom. The molecular weight excluding hydrogens is 250 g/mol. The molecule has 0 heterocycles. The van der Waals surface area contributed by atoms with E-state index >= 15 is 0 Å². The first-order chi connectivity index (χ1) is 8.52. The van der Waals surface area contributed by atoms with Crippen LogP contribution in [0.25, 0.3) is 0 Å². The Kier molecular flexibility index (Phi) is 5.22. The molecule has 0 atom stereocenters. The lowest BCUT2D eigenvalue weighted by Crippen LogP contribution is -2.20. The van der Waals surface area contributed by atoms with Crippen LogP contribution in [0.4, 0.5) is 5.69 Å². The summed E-state index contributed by atoms with van der Waals surface area (Å²) < 4.78 is 0. The zero-order valence-electron chi connectivity index (χ0n) is 10.2. The number of anilines is 1. The molecule has 0 saturated heterocycles. The van der Waals surface area contributed by atoms with Crippen LogP contribution < -0.4 is 10.6 Å². The maximum Gasteiger partial charge on any atom is 0.267 e. The molecule has 0 aliphatic rings. The lowest BCUT2D eigenvalue weighted by Gasteiger charge is -2.06. The molecule has 18 heavy (non-hydrogen) atoms. The van der Waals surface area contributed by atoms with E-state index in [1.54, 1.807) is 24.3 Å². The Labute approximate surface area is 111 Å². The average Bonchev–Trinajstić information content (AvgIpc) is 2.29. The lowest BCUT2D eigenvalue weighted by atomic mass is 10.2. The van der Waals surface area contributed by atoms with Crippen molar-refractivity contribution in [2.75, 3.05) is 5.32 Å². The number of carbonyl (C=O) groups excluding carboxylic acids is 1. The number of carbonyl (C=O) groups is 1. The molecule has 4 nitrogen and oxygen atoms in total. The first kappa shape index (κ1) is 14.1. The van der Waals surface area contributed by atoms with Crippen LogP contribution in [0.1, 0.15) is 13.8 Å². The van der Waals surface area contributed by atoms with Crippen LogP contribution >= 0.6 is 11.6 Å². The van der Waals surface area contributed by atoms with E-state index in [0.717, 1.165) is 0 Å². The van der Waals surface area contributed by atoms with Gasteiger partial charge in [0, 0.05) is 23.0 Å². The number of halogens is 1. The van der Waals surface area contributed by atoms with Gasteiger partial charge >= 0.3 is 0 Å². The second-order valence-electron chi connectivity index (χ2n) is 3.96. The van der Waals surface area contributed by atoms with Crippen molar-refractivity contribution < 1.29 is 4.79 Å². The fraction of sp³-hybridized carbons (Fsp3) is 0.231. The number of nitrogens with one attached hydrogen (secondary N) is 2. The number of nitriles is 1. The summed E-state index contributed by atoms with van der Waals surface area (Å²) in [6.07, 6.45) is 1.41. The van der Waals surface area contributed by atoms with Crippen molar-refractivity contribution in [3.63, 3.8) is 0 Å². The van der Waals surface area contributed by atoms with Gasteiger partial charge in [-0.15, -0.1) is 0 Å². The van der Waals surface area contributed by atoms with Crippen molar-refractivity contribution in [2.45, 2.75) is 19.9 Å². The number of hydrogen-bond acceptors (Lipinski definition) is 3. The van der Waals surface area contributed by atoms with E-state index < -0.39 is 5.91 Å². The molecule has 1 aromatic carbocycles. The summed E-state index contributed by atoms with van der Waals surface area (Å²) in [5.74, 6) is -0.465. The minimum Gasteiger partial charge on any atom is -0.387 e. The Morgan fingerprint density at radius 1 is 1.50 bits per heavy atom. The van der Waals surface area contributed by atoms with E-state index in [4.69, 9.17) is 16.9 Å². The predicted octanol–water partition coefficient (Wildman–Crippen LogP) is 2.68. The predicted molar refractivity (Wildman–Crippen MR) is 72.0 cm³/mol. The highest BCUT2D eigenvalue weighted by Gasteiger charge is 2.09. The second-order valence-corrected chi connectivity index (χ2v) is 4.39. The number of benzene rings is 1. The van der Waals surface area contributed by atoms with Crippen LogP contribution in [0.3, 0.4) is 0 Å². The Bertz CT molecular complexity index is 503. The maximum atomic E-state index is 11.8. The smallest absolute Gasteiger partial charge is 0.267 e. The number of rotatable bonds is 4. The molecule has 0 bridgehead atoms. The van der Waals surface area contributed by atoms with Gasteiger partial charge in [0.05, 0.1) is 0 Å². The zero-order valence-corrected chi connectivity index (χ0v) is 11.0. The van der Waals surface area contributed by atoms with E-state index in [-0.39, 0.29) is 11.6 Å². The third kappa shape index (κ3) is 4.48. The molecular formula is C13H14ClN3O. The molecule has 5 heteroatoms. The second kappa shape index (κ2) is 6.67. The first-order valence-electron chi connectivity index (χ1n) is 5.46. The Hall–Kier alpha value is -1.99. The SMILES string of the molecule is CC(C)N/C=C(/C#N)C(=O)Nc1cccc(Cl)c1. The van der Waals surface area contributed by atoms with Gasteiger partial charge in [-0.25, -0.2) is 0 Å². The molecule has 0 radical (unpaired) electrons. The summed E-state index contributed by atoms with van der Waals surface area (Å²) in [5.41, 5.74) is 0.571. The minimum atomic E-state index is -0.465. The quantitative estimate of drug-likeness (QED) is 0.648. The number of nitrogens with zero attached hydrogens (tertiary/aromatic N) is 1. The fourth-order valence-corrected chi connectivity index (χ4v) is 1.35. The molecule has 1 aromatic rings. The first-order valence-corrected chi connectivity index (χ1v) is 5.84. The summed E-state index contributed by atoms with van der Waals surface area (Å²) in [4.78, 5) is 11.8. The normalized spacial score (nSPS) is 10.9. The van der Waals surface area contributed by atoms with Crippen molar-refractivity contribution in [2.24, 2.45) is 0 Å². The summed E-state index contributed by atoms with van der Waals surface area (Å²) in [6, 6.07) is 8.75. The molecule has 0 aromatic heterocycles. The molecule has 1 rings (SSSR count). The van der Waals surface area contributed by atoms with Crippen molar-refractivity contribution in [1.29, 1.82) is 5.26 Å². The van der Waals surface area contributed by atoms with Gasteiger partial charge in [0.25, 0.3) is 5.91 Å². The fourth-order valence-electron chi connectivity index (χ4n) is 1.16. The minimum absolute atomic E-state index is 0.0173. The number of amides is 1. The van der Waals surface area contributed by atoms with Crippen molar-refractivity contribution in [1.82, 2.24) is 5.32 Å². The van der Waals surface area contributed by atoms with Crippen LogP contribution in [-0.2, 0) is 4.79 Å². The summed E-state index contributed by atoms with van der Waals surface area (Å²) in [5, 5.41) is 14.9. The Balaban J connectivity index is 2.75. The molecule has 2 N–H and O–H groups in total. The van der Waals surface area contributed by atoms with E-state index in [9.17, 15) is 4.79 Å². The summed E-state index contributed by atoms with van der Waals surface area (Å²) in [7, 11) is 0. The molecule has 0 aliphatic carbocycles. The van der Waals surface area contributed by atoms with Crippen molar-refractivity contribution in [3.05, 3.63) is 41.1 Å². The molecule has 94 valence electrons. The molecule has 0 unspecified atom stereocenters. The Morgan fingerprint density at radius 3 is 2.78 bits per heavy atom. The molecule has 0 aliphatic heterocycles. The summed E-state index contributed by atoms with van der Waals surface area (Å²) in [6.45, 7) is 3.83. The van der Waals surface area contributed by atoms with Gasteiger partial charge in [-0.1, -0.05) is 17.7 Å². The summed E-state index contributed by atoms with van der Waals surface area (Å²) >= 11 is 5.80. The van der Waals surface area contributed by atoms with Crippen LogP contribution in [0.5, 0.6) is 0 Å². The van der Waals surface area contributed by atoms with Gasteiger partial charge in [-0.2, -0.15) is 5.26 Å². The third-order valence-corrected chi connectivity index (χ3v) is 2.24. The van der Waals surface area contributed by atoms with E-state index in [0.29, 0.717) is 10.7 Å². The highest BCUT2D eigenvalue weighted by atomic mass is 35.5. The van der Waals surface area contributed by atoms with Crippen LogP contribution in [0, 0.1) is 11.3 Å². The molecule has 0 spiro atoms. The van der Waals surface area contributed by atoms with Gasteiger partial charge in [-0.3, -0.25) is 4.79 Å². The maximum absolute atomic E-state index is 11.8. The van der Waals surface area contributed by atoms with E-state index in [1.807, 2.05) is 19.9 Å². The average molecular weight is 264 g/mol. The zero-order chi connectivity index (χ0) is 13.5. The largest absolute Gasteiger partial charge is 0.387 e. The highest BCUT2D eigenvalue weighted by Crippen LogP contribution is 2.15. The van der Waals surface area contributed by atoms with Gasteiger partial charge in [0.2, 0.25) is 0 Å². The topological polar surface area (TPSA) is 64.9 Å². The molecule has 1 amide bonds. The van der Waals surface area contributed by atoms with Crippen molar-refractivity contribution in [3.8, 4) is 6.07 Å². The van der Waals surface area contributed by atoms with Gasteiger partial charge < -0.3 is 10.6 Å². The monoisotopic (exact) mass is 263 g/mol. The van der Waals surface area contributed by atoms with Crippen LogP contribution in [0.2, 0.25) is 5.02 Å². The third-order valence-electron chi connectivity index (χ3n) is 2.01. The molecule has 0 saturated carbocycles.